The van der Waals surface area contributed by atoms with Crippen LogP contribution in [0.4, 0.5) is 5.69 Å². The summed E-state index contributed by atoms with van der Waals surface area (Å²) in [5, 5.41) is 3.45. The van der Waals surface area contributed by atoms with E-state index in [1.807, 2.05) is 18.2 Å². The Kier molecular flexibility index (Phi) is 4.24. The lowest BCUT2D eigenvalue weighted by Crippen LogP contribution is -2.23. The van der Waals surface area contributed by atoms with Crippen LogP contribution in [-0.2, 0) is 4.74 Å². The molecule has 98 valence electrons. The molecule has 1 unspecified atom stereocenters. The van der Waals surface area contributed by atoms with E-state index < -0.39 is 0 Å². The molecule has 18 heavy (non-hydrogen) atoms. The Bertz CT molecular complexity index is 413. The number of esters is 1. The Hall–Kier alpha value is -1.51. The number of hydrogen-bond acceptors (Lipinski definition) is 3. The normalized spacial score (nSPS) is 16.8. The molecule has 1 aromatic carbocycles. The quantitative estimate of drug-likeness (QED) is 0.810. The molecule has 1 aliphatic carbocycles. The molecule has 0 amide bonds. The summed E-state index contributed by atoms with van der Waals surface area (Å²) in [6.45, 7) is 2.20. The van der Waals surface area contributed by atoms with E-state index >= 15 is 0 Å². The highest BCUT2D eigenvalue weighted by atomic mass is 16.5. The van der Waals surface area contributed by atoms with Gasteiger partial charge in [-0.05, 0) is 37.5 Å². The summed E-state index contributed by atoms with van der Waals surface area (Å²) in [5.41, 5.74) is 1.59. The minimum atomic E-state index is -0.287. The number of nitrogens with one attached hydrogen (secondary N) is 1. The summed E-state index contributed by atoms with van der Waals surface area (Å²) >= 11 is 0. The van der Waals surface area contributed by atoms with Crippen LogP contribution in [0.3, 0.4) is 0 Å². The lowest BCUT2D eigenvalue weighted by Gasteiger charge is -2.29. The molecule has 1 fully saturated rings. The standard InChI is InChI=1S/C15H21NO2/c1-11(9-12-5-3-6-12)16-14-8-4-7-13(10-14)15(17)18-2/h4,7-8,10-12,16H,3,5-6,9H2,1-2H3. The van der Waals surface area contributed by atoms with Crippen LogP contribution in [0.5, 0.6) is 0 Å². The van der Waals surface area contributed by atoms with Gasteiger partial charge < -0.3 is 10.1 Å². The van der Waals surface area contributed by atoms with Crippen molar-refractivity contribution in [3.63, 3.8) is 0 Å². The monoisotopic (exact) mass is 247 g/mol. The zero-order valence-corrected chi connectivity index (χ0v) is 11.1. The molecule has 3 nitrogen and oxygen atoms in total. The van der Waals surface area contributed by atoms with Gasteiger partial charge in [-0.3, -0.25) is 0 Å². The zero-order chi connectivity index (χ0) is 13.0. The van der Waals surface area contributed by atoms with E-state index in [0.717, 1.165) is 11.6 Å². The van der Waals surface area contributed by atoms with Gasteiger partial charge in [0, 0.05) is 11.7 Å². The molecule has 0 bridgehead atoms. The molecule has 0 aromatic heterocycles. The van der Waals surface area contributed by atoms with E-state index in [2.05, 4.69) is 12.2 Å². The van der Waals surface area contributed by atoms with Crippen LogP contribution >= 0.6 is 0 Å². The van der Waals surface area contributed by atoms with Gasteiger partial charge in [0.25, 0.3) is 0 Å². The van der Waals surface area contributed by atoms with Crippen molar-refractivity contribution in [2.45, 2.75) is 38.6 Å². The maximum absolute atomic E-state index is 11.4. The molecule has 1 aromatic rings. The summed E-state index contributed by atoms with van der Waals surface area (Å²) in [5.74, 6) is 0.599. The van der Waals surface area contributed by atoms with Gasteiger partial charge in [-0.25, -0.2) is 4.79 Å². The van der Waals surface area contributed by atoms with Gasteiger partial charge in [0.05, 0.1) is 12.7 Å². The molecular formula is C15H21NO2. The number of anilines is 1. The molecule has 0 aliphatic heterocycles. The van der Waals surface area contributed by atoms with Crippen molar-refractivity contribution in [3.05, 3.63) is 29.8 Å². The first-order valence-corrected chi connectivity index (χ1v) is 6.64. The second kappa shape index (κ2) is 5.89. The molecule has 0 saturated heterocycles. The van der Waals surface area contributed by atoms with Crippen LogP contribution in [0.1, 0.15) is 43.0 Å². The van der Waals surface area contributed by atoms with Gasteiger partial charge in [0.2, 0.25) is 0 Å². The van der Waals surface area contributed by atoms with E-state index in [4.69, 9.17) is 4.74 Å². The minimum absolute atomic E-state index is 0.287. The Morgan fingerprint density at radius 1 is 1.50 bits per heavy atom. The number of benzene rings is 1. The average molecular weight is 247 g/mol. The average Bonchev–Trinajstić information content (AvgIpc) is 2.33. The molecule has 1 aliphatic rings. The van der Waals surface area contributed by atoms with Gasteiger partial charge in [0.15, 0.2) is 0 Å². The highest BCUT2D eigenvalue weighted by Gasteiger charge is 2.19. The zero-order valence-electron chi connectivity index (χ0n) is 11.1. The molecule has 0 heterocycles. The Labute approximate surface area is 109 Å². The number of rotatable bonds is 5. The van der Waals surface area contributed by atoms with E-state index in [1.165, 1.54) is 32.8 Å². The third-order valence-corrected chi connectivity index (χ3v) is 3.61. The van der Waals surface area contributed by atoms with Crippen molar-refractivity contribution in [2.75, 3.05) is 12.4 Å². The fourth-order valence-electron chi connectivity index (χ4n) is 2.43. The third kappa shape index (κ3) is 3.25. The van der Waals surface area contributed by atoms with Crippen LogP contribution < -0.4 is 5.32 Å². The molecule has 3 heteroatoms. The Morgan fingerprint density at radius 2 is 2.28 bits per heavy atom. The number of methoxy groups -OCH3 is 1. The molecule has 1 atom stereocenters. The minimum Gasteiger partial charge on any atom is -0.465 e. The first-order valence-electron chi connectivity index (χ1n) is 6.64. The van der Waals surface area contributed by atoms with Gasteiger partial charge in [-0.1, -0.05) is 25.3 Å². The molecule has 1 saturated carbocycles. The first kappa shape index (κ1) is 12.9. The molecule has 1 N–H and O–H groups in total. The molecule has 0 radical (unpaired) electrons. The van der Waals surface area contributed by atoms with Crippen LogP contribution in [0.2, 0.25) is 0 Å². The third-order valence-electron chi connectivity index (χ3n) is 3.61. The van der Waals surface area contributed by atoms with Crippen molar-refractivity contribution in [2.24, 2.45) is 5.92 Å². The second-order valence-electron chi connectivity index (χ2n) is 5.15. The predicted molar refractivity (Wildman–Crippen MR) is 72.8 cm³/mol. The fraction of sp³-hybridized carbons (Fsp3) is 0.533. The molecule has 0 spiro atoms. The lowest BCUT2D eigenvalue weighted by atomic mass is 9.81. The highest BCUT2D eigenvalue weighted by molar-refractivity contribution is 5.90. The topological polar surface area (TPSA) is 38.3 Å². The van der Waals surface area contributed by atoms with E-state index in [9.17, 15) is 4.79 Å². The summed E-state index contributed by atoms with van der Waals surface area (Å²) in [6.07, 6.45) is 5.33. The fourth-order valence-corrected chi connectivity index (χ4v) is 2.43. The maximum Gasteiger partial charge on any atom is 0.337 e. The van der Waals surface area contributed by atoms with E-state index in [1.54, 1.807) is 6.07 Å². The largest absolute Gasteiger partial charge is 0.465 e. The number of carbonyl (C=O) groups is 1. The van der Waals surface area contributed by atoms with Crippen LogP contribution in [0.25, 0.3) is 0 Å². The summed E-state index contributed by atoms with van der Waals surface area (Å²) < 4.78 is 4.72. The summed E-state index contributed by atoms with van der Waals surface area (Å²) in [7, 11) is 1.40. The maximum atomic E-state index is 11.4. The SMILES string of the molecule is COC(=O)c1cccc(NC(C)CC2CCC2)c1. The van der Waals surface area contributed by atoms with Gasteiger partial charge >= 0.3 is 5.97 Å². The molecular weight excluding hydrogens is 226 g/mol. The number of carbonyl (C=O) groups excluding carboxylic acids is 1. The van der Waals surface area contributed by atoms with Crippen molar-refractivity contribution < 1.29 is 9.53 Å². The van der Waals surface area contributed by atoms with Gasteiger partial charge in [-0.2, -0.15) is 0 Å². The van der Waals surface area contributed by atoms with E-state index in [0.29, 0.717) is 11.6 Å². The predicted octanol–water partition coefficient (Wildman–Crippen LogP) is 3.46. The van der Waals surface area contributed by atoms with Gasteiger partial charge in [0.1, 0.15) is 0 Å². The smallest absolute Gasteiger partial charge is 0.337 e. The summed E-state index contributed by atoms with van der Waals surface area (Å²) in [4.78, 5) is 11.4. The van der Waals surface area contributed by atoms with Gasteiger partial charge in [-0.15, -0.1) is 0 Å². The summed E-state index contributed by atoms with van der Waals surface area (Å²) in [6, 6.07) is 7.94. The van der Waals surface area contributed by atoms with Crippen LogP contribution in [0, 0.1) is 5.92 Å². The van der Waals surface area contributed by atoms with Crippen molar-refractivity contribution in [1.29, 1.82) is 0 Å². The second-order valence-corrected chi connectivity index (χ2v) is 5.15. The van der Waals surface area contributed by atoms with E-state index in [-0.39, 0.29) is 5.97 Å². The number of ether oxygens (including phenoxy) is 1. The van der Waals surface area contributed by atoms with Crippen molar-refractivity contribution in [1.82, 2.24) is 0 Å². The first-order chi connectivity index (χ1) is 8.69. The lowest BCUT2D eigenvalue weighted by molar-refractivity contribution is 0.0601. The van der Waals surface area contributed by atoms with Crippen molar-refractivity contribution in [3.8, 4) is 0 Å². The van der Waals surface area contributed by atoms with Crippen LogP contribution in [-0.4, -0.2) is 19.1 Å². The van der Waals surface area contributed by atoms with Crippen LogP contribution in [0.15, 0.2) is 24.3 Å². The Morgan fingerprint density at radius 3 is 2.89 bits per heavy atom. The molecule has 2 rings (SSSR count). The number of hydrogen-bond donors (Lipinski definition) is 1. The highest BCUT2D eigenvalue weighted by Crippen LogP contribution is 2.31. The van der Waals surface area contributed by atoms with Crippen molar-refractivity contribution >= 4 is 11.7 Å². The Balaban J connectivity index is 1.93.